The Morgan fingerprint density at radius 1 is 1.46 bits per heavy atom. The van der Waals surface area contributed by atoms with E-state index in [0.717, 1.165) is 0 Å². The topological polar surface area (TPSA) is 131 Å². The van der Waals surface area contributed by atoms with Crippen LogP contribution in [0.1, 0.15) is 31.7 Å². The summed E-state index contributed by atoms with van der Waals surface area (Å²) in [7, 11) is 0. The van der Waals surface area contributed by atoms with E-state index in [1.165, 1.54) is 31.2 Å². The SMILES string of the molecule is CCOC(=O)[C@@H]1[C@H](c2ccc([N+](=O)[O-])cc2)[C@@H]2C(=O)NN=C2C[C@]1(C)O. The van der Waals surface area contributed by atoms with Crippen LogP contribution in [0.2, 0.25) is 0 Å². The highest BCUT2D eigenvalue weighted by Gasteiger charge is 2.57. The Hall–Kier alpha value is -2.81. The van der Waals surface area contributed by atoms with Crippen LogP contribution in [-0.4, -0.2) is 39.8 Å². The minimum absolute atomic E-state index is 0.0589. The van der Waals surface area contributed by atoms with Crippen molar-refractivity contribution in [3.63, 3.8) is 0 Å². The summed E-state index contributed by atoms with van der Waals surface area (Å²) in [6, 6.07) is 5.62. The lowest BCUT2D eigenvalue weighted by molar-refractivity contribution is -0.384. The third kappa shape index (κ3) is 2.94. The molecule has 0 saturated heterocycles. The van der Waals surface area contributed by atoms with Crippen molar-refractivity contribution in [1.82, 2.24) is 5.43 Å². The summed E-state index contributed by atoms with van der Waals surface area (Å²) in [6.07, 6.45) is 0.0589. The van der Waals surface area contributed by atoms with Crippen LogP contribution < -0.4 is 5.43 Å². The zero-order valence-corrected chi connectivity index (χ0v) is 14.3. The third-order valence-electron chi connectivity index (χ3n) is 4.91. The molecule has 9 heteroatoms. The number of esters is 1. The predicted molar refractivity (Wildman–Crippen MR) is 90.3 cm³/mol. The number of hydrogen-bond donors (Lipinski definition) is 2. The van der Waals surface area contributed by atoms with E-state index >= 15 is 0 Å². The molecule has 2 N–H and O–H groups in total. The van der Waals surface area contributed by atoms with Gasteiger partial charge in [0.15, 0.2) is 0 Å². The molecule has 1 aliphatic carbocycles. The van der Waals surface area contributed by atoms with Crippen molar-refractivity contribution in [3.8, 4) is 0 Å². The number of rotatable bonds is 4. The summed E-state index contributed by atoms with van der Waals surface area (Å²) >= 11 is 0. The highest BCUT2D eigenvalue weighted by atomic mass is 16.6. The largest absolute Gasteiger partial charge is 0.466 e. The number of nitrogens with zero attached hydrogens (tertiary/aromatic N) is 2. The van der Waals surface area contributed by atoms with Crippen LogP contribution >= 0.6 is 0 Å². The molecule has 1 aromatic rings. The highest BCUT2D eigenvalue weighted by molar-refractivity contribution is 6.10. The van der Waals surface area contributed by atoms with Gasteiger partial charge in [-0.15, -0.1) is 0 Å². The van der Waals surface area contributed by atoms with Crippen molar-refractivity contribution in [2.75, 3.05) is 6.61 Å². The predicted octanol–water partition coefficient (Wildman–Crippen LogP) is 1.11. The van der Waals surface area contributed by atoms with Gasteiger partial charge in [-0.2, -0.15) is 5.10 Å². The molecule has 1 fully saturated rings. The maximum Gasteiger partial charge on any atom is 0.312 e. The number of aliphatic hydroxyl groups is 1. The maximum absolute atomic E-state index is 12.6. The number of carbonyl (C=O) groups excluding carboxylic acids is 2. The van der Waals surface area contributed by atoms with Crippen LogP contribution in [0.3, 0.4) is 0 Å². The van der Waals surface area contributed by atoms with E-state index in [4.69, 9.17) is 4.74 Å². The molecular weight excluding hydrogens is 342 g/mol. The van der Waals surface area contributed by atoms with Gasteiger partial charge in [0, 0.05) is 24.5 Å². The lowest BCUT2D eigenvalue weighted by Crippen LogP contribution is -2.54. The molecule has 1 amide bonds. The number of fused-ring (bicyclic) bond motifs is 1. The number of nitrogens with one attached hydrogen (secondary N) is 1. The molecule has 2 aliphatic rings. The Bertz CT molecular complexity index is 786. The minimum Gasteiger partial charge on any atom is -0.466 e. The first-order valence-corrected chi connectivity index (χ1v) is 8.26. The molecule has 0 bridgehead atoms. The van der Waals surface area contributed by atoms with Crippen molar-refractivity contribution in [2.24, 2.45) is 16.9 Å². The normalized spacial score (nSPS) is 30.2. The molecule has 3 rings (SSSR count). The molecule has 4 atom stereocenters. The summed E-state index contributed by atoms with van der Waals surface area (Å²) in [6.45, 7) is 3.30. The average molecular weight is 361 g/mol. The van der Waals surface area contributed by atoms with Crippen LogP contribution in [0.25, 0.3) is 0 Å². The van der Waals surface area contributed by atoms with E-state index in [1.807, 2.05) is 0 Å². The summed E-state index contributed by atoms with van der Waals surface area (Å²) in [5, 5.41) is 25.8. The molecule has 1 heterocycles. The van der Waals surface area contributed by atoms with Crippen molar-refractivity contribution in [3.05, 3.63) is 39.9 Å². The Labute approximate surface area is 149 Å². The zero-order valence-electron chi connectivity index (χ0n) is 14.3. The zero-order chi connectivity index (χ0) is 19.1. The Kier molecular flexibility index (Phi) is 4.49. The fourth-order valence-electron chi connectivity index (χ4n) is 3.83. The molecule has 1 saturated carbocycles. The van der Waals surface area contributed by atoms with Crippen molar-refractivity contribution in [2.45, 2.75) is 31.8 Å². The number of nitro benzene ring substituents is 1. The van der Waals surface area contributed by atoms with Crippen LogP contribution in [0.4, 0.5) is 5.69 Å². The van der Waals surface area contributed by atoms with Gasteiger partial charge in [-0.25, -0.2) is 5.43 Å². The number of benzene rings is 1. The van der Waals surface area contributed by atoms with Gasteiger partial charge in [-0.3, -0.25) is 19.7 Å². The second kappa shape index (κ2) is 6.49. The first-order chi connectivity index (χ1) is 12.3. The fraction of sp³-hybridized carbons (Fsp3) is 0.471. The summed E-state index contributed by atoms with van der Waals surface area (Å²) in [5.41, 5.74) is 1.82. The van der Waals surface area contributed by atoms with Gasteiger partial charge in [0.25, 0.3) is 5.69 Å². The minimum atomic E-state index is -1.47. The molecule has 9 nitrogen and oxygen atoms in total. The molecule has 0 spiro atoms. The van der Waals surface area contributed by atoms with E-state index in [1.54, 1.807) is 6.92 Å². The number of non-ortho nitro benzene ring substituents is 1. The molecule has 0 unspecified atom stereocenters. The monoisotopic (exact) mass is 361 g/mol. The van der Waals surface area contributed by atoms with Gasteiger partial charge in [0.1, 0.15) is 0 Å². The number of hydrazone groups is 1. The van der Waals surface area contributed by atoms with Gasteiger partial charge in [0.2, 0.25) is 5.91 Å². The molecule has 1 aliphatic heterocycles. The highest BCUT2D eigenvalue weighted by Crippen LogP contribution is 2.47. The standard InChI is InChI=1S/C17H19N3O6/c1-3-26-16(22)14-12(9-4-6-10(7-5-9)20(24)25)13-11(8-17(14,2)23)18-19-15(13)21/h4-7,12-14,23H,3,8H2,1-2H3,(H,19,21)/t12-,13-,14+,17+/m1/s1. The first kappa shape index (κ1) is 18.0. The second-order valence-electron chi connectivity index (χ2n) is 6.69. The van der Waals surface area contributed by atoms with Crippen molar-refractivity contribution >= 4 is 23.3 Å². The third-order valence-corrected chi connectivity index (χ3v) is 4.91. The maximum atomic E-state index is 12.6. The van der Waals surface area contributed by atoms with Crippen molar-refractivity contribution in [1.29, 1.82) is 0 Å². The van der Waals surface area contributed by atoms with Gasteiger partial charge < -0.3 is 9.84 Å². The second-order valence-corrected chi connectivity index (χ2v) is 6.69. The number of hydrogen-bond acceptors (Lipinski definition) is 7. The Balaban J connectivity index is 2.10. The summed E-state index contributed by atoms with van der Waals surface area (Å²) in [5.74, 6) is -3.45. The van der Waals surface area contributed by atoms with Crippen molar-refractivity contribution < 1.29 is 24.4 Å². The van der Waals surface area contributed by atoms with E-state index in [9.17, 15) is 24.8 Å². The number of amides is 1. The van der Waals surface area contributed by atoms with E-state index in [2.05, 4.69) is 10.5 Å². The van der Waals surface area contributed by atoms with E-state index in [-0.39, 0.29) is 24.6 Å². The number of ether oxygens (including phenoxy) is 1. The van der Waals surface area contributed by atoms with Gasteiger partial charge >= 0.3 is 5.97 Å². The summed E-state index contributed by atoms with van der Waals surface area (Å²) < 4.78 is 5.14. The first-order valence-electron chi connectivity index (χ1n) is 8.26. The number of carbonyl (C=O) groups is 2. The van der Waals surface area contributed by atoms with E-state index < -0.39 is 34.2 Å². The van der Waals surface area contributed by atoms with Gasteiger partial charge in [0.05, 0.1) is 34.7 Å². The fourth-order valence-corrected chi connectivity index (χ4v) is 3.83. The summed E-state index contributed by atoms with van der Waals surface area (Å²) in [4.78, 5) is 35.3. The average Bonchev–Trinajstić information content (AvgIpc) is 2.93. The Morgan fingerprint density at radius 3 is 2.69 bits per heavy atom. The van der Waals surface area contributed by atoms with Gasteiger partial charge in [-0.1, -0.05) is 12.1 Å². The van der Waals surface area contributed by atoms with Gasteiger partial charge in [-0.05, 0) is 19.4 Å². The van der Waals surface area contributed by atoms with Crippen LogP contribution in [-0.2, 0) is 14.3 Å². The Morgan fingerprint density at radius 2 is 2.12 bits per heavy atom. The lowest BCUT2D eigenvalue weighted by Gasteiger charge is -2.43. The molecule has 138 valence electrons. The van der Waals surface area contributed by atoms with Crippen LogP contribution in [0.5, 0.6) is 0 Å². The van der Waals surface area contributed by atoms with Crippen LogP contribution in [0.15, 0.2) is 29.4 Å². The van der Waals surface area contributed by atoms with E-state index in [0.29, 0.717) is 11.3 Å². The molecule has 1 aromatic carbocycles. The molecular formula is C17H19N3O6. The molecule has 0 radical (unpaired) electrons. The quantitative estimate of drug-likeness (QED) is 0.469. The number of nitro groups is 1. The smallest absolute Gasteiger partial charge is 0.312 e. The molecule has 0 aromatic heterocycles. The lowest BCUT2D eigenvalue weighted by atomic mass is 9.61. The van der Waals surface area contributed by atoms with Crippen LogP contribution in [0, 0.1) is 22.0 Å². The molecule has 26 heavy (non-hydrogen) atoms.